The molecule has 4 rings (SSSR count). The van der Waals surface area contributed by atoms with Gasteiger partial charge >= 0.3 is 0 Å². The van der Waals surface area contributed by atoms with E-state index in [2.05, 4.69) is 10.2 Å². The number of benzene rings is 3. The summed E-state index contributed by atoms with van der Waals surface area (Å²) in [5, 5.41) is 2.97. The van der Waals surface area contributed by atoms with Crippen LogP contribution in [0.5, 0.6) is 5.75 Å². The van der Waals surface area contributed by atoms with Gasteiger partial charge in [0, 0.05) is 49.0 Å². The zero-order valence-corrected chi connectivity index (χ0v) is 23.4. The highest BCUT2D eigenvalue weighted by Gasteiger charge is 2.30. The highest BCUT2D eigenvalue weighted by Crippen LogP contribution is 2.30. The van der Waals surface area contributed by atoms with Crippen molar-refractivity contribution < 1.29 is 22.7 Å². The van der Waals surface area contributed by atoms with Gasteiger partial charge < -0.3 is 19.9 Å². The number of carbonyl (C=O) groups is 2. The summed E-state index contributed by atoms with van der Waals surface area (Å²) >= 11 is 6.10. The van der Waals surface area contributed by atoms with E-state index in [0.717, 1.165) is 17.4 Å². The van der Waals surface area contributed by atoms with Crippen molar-refractivity contribution in [3.05, 3.63) is 88.9 Å². The fourth-order valence-corrected chi connectivity index (χ4v) is 6.06. The third kappa shape index (κ3) is 7.15. The van der Waals surface area contributed by atoms with E-state index in [1.165, 1.54) is 25.3 Å². The van der Waals surface area contributed by atoms with Crippen LogP contribution in [0, 0.1) is 0 Å². The van der Waals surface area contributed by atoms with Crippen LogP contribution in [0.25, 0.3) is 0 Å². The van der Waals surface area contributed by atoms with Gasteiger partial charge in [-0.2, -0.15) is 4.31 Å². The van der Waals surface area contributed by atoms with E-state index in [0.29, 0.717) is 29.9 Å². The Morgan fingerprint density at radius 1 is 0.974 bits per heavy atom. The lowest BCUT2D eigenvalue weighted by molar-refractivity contribution is -0.116. The van der Waals surface area contributed by atoms with Crippen molar-refractivity contribution >= 4 is 39.1 Å². The first-order chi connectivity index (χ1) is 18.7. The van der Waals surface area contributed by atoms with Gasteiger partial charge in [0.25, 0.3) is 5.91 Å². The average Bonchev–Trinajstić information content (AvgIpc) is 2.93. The number of methoxy groups -OCH3 is 1. The molecule has 0 aliphatic carbocycles. The molecule has 1 N–H and O–H groups in total. The number of rotatable bonds is 9. The zero-order chi connectivity index (χ0) is 28.0. The van der Waals surface area contributed by atoms with Gasteiger partial charge in [-0.3, -0.25) is 9.59 Å². The van der Waals surface area contributed by atoms with Gasteiger partial charge in [-0.25, -0.2) is 8.42 Å². The number of sulfonamides is 1. The molecule has 0 saturated carbocycles. The smallest absolute Gasteiger partial charge is 0.253 e. The first-order valence-electron chi connectivity index (χ1n) is 12.4. The molecule has 3 aromatic carbocycles. The van der Waals surface area contributed by atoms with Crippen LogP contribution in [-0.2, 0) is 21.4 Å². The lowest BCUT2D eigenvalue weighted by atomic mass is 10.1. The summed E-state index contributed by atoms with van der Waals surface area (Å²) in [5.74, 6) is -0.469. The molecule has 1 aliphatic rings. The number of ether oxygens (including phenoxy) is 1. The highest BCUT2D eigenvalue weighted by atomic mass is 35.5. The van der Waals surface area contributed by atoms with Crippen LogP contribution in [0.2, 0.25) is 5.02 Å². The van der Waals surface area contributed by atoms with Gasteiger partial charge in [0.1, 0.15) is 10.6 Å². The van der Waals surface area contributed by atoms with Crippen molar-refractivity contribution in [2.45, 2.75) is 11.4 Å². The van der Waals surface area contributed by atoms with Crippen molar-refractivity contribution in [3.63, 3.8) is 0 Å². The van der Waals surface area contributed by atoms with Crippen LogP contribution in [0.4, 0.5) is 5.69 Å². The fourth-order valence-electron chi connectivity index (χ4n) is 4.25. The first-order valence-corrected chi connectivity index (χ1v) is 14.2. The van der Waals surface area contributed by atoms with Gasteiger partial charge in [-0.15, -0.1) is 0 Å². The lowest BCUT2D eigenvalue weighted by Crippen LogP contribution is -2.47. The fraction of sp³-hybridized carbons (Fsp3) is 0.286. The maximum absolute atomic E-state index is 13.7. The number of nitrogens with one attached hydrogen (secondary N) is 1. The van der Waals surface area contributed by atoms with Gasteiger partial charge in [0.15, 0.2) is 0 Å². The van der Waals surface area contributed by atoms with Crippen molar-refractivity contribution in [1.29, 1.82) is 0 Å². The number of carbonyl (C=O) groups excluding carboxylic acids is 2. The van der Waals surface area contributed by atoms with Gasteiger partial charge in [0.05, 0.1) is 13.7 Å². The molecule has 3 aromatic rings. The van der Waals surface area contributed by atoms with E-state index in [1.54, 1.807) is 48.5 Å². The summed E-state index contributed by atoms with van der Waals surface area (Å²) in [4.78, 5) is 29.7. The third-order valence-corrected chi connectivity index (χ3v) is 8.52. The number of hydrogen-bond donors (Lipinski definition) is 1. The quantitative estimate of drug-likeness (QED) is 0.422. The molecule has 11 heteroatoms. The minimum Gasteiger partial charge on any atom is -0.495 e. The summed E-state index contributed by atoms with van der Waals surface area (Å²) in [6.45, 7) is 2.49. The van der Waals surface area contributed by atoms with E-state index in [1.807, 2.05) is 18.0 Å². The second-order valence-electron chi connectivity index (χ2n) is 9.27. The molecule has 9 nitrogen and oxygen atoms in total. The van der Waals surface area contributed by atoms with Crippen molar-refractivity contribution in [2.75, 3.05) is 52.2 Å². The largest absolute Gasteiger partial charge is 0.495 e. The third-order valence-electron chi connectivity index (χ3n) is 6.47. The van der Waals surface area contributed by atoms with E-state index < -0.39 is 22.5 Å². The number of amides is 2. The second kappa shape index (κ2) is 12.6. The van der Waals surface area contributed by atoms with Gasteiger partial charge in [0.2, 0.25) is 15.9 Å². The average molecular weight is 571 g/mol. The number of likely N-dealkylation sites (N-methyl/N-ethyl adjacent to an activating group) is 1. The van der Waals surface area contributed by atoms with Crippen molar-refractivity contribution in [2.24, 2.45) is 0 Å². The van der Waals surface area contributed by atoms with Crippen LogP contribution in [0.1, 0.15) is 15.9 Å². The Morgan fingerprint density at radius 2 is 1.64 bits per heavy atom. The molecule has 0 aromatic heterocycles. The Bertz CT molecular complexity index is 1410. The van der Waals surface area contributed by atoms with Crippen LogP contribution >= 0.6 is 11.6 Å². The predicted octanol–water partition coefficient (Wildman–Crippen LogP) is 3.57. The molecule has 0 bridgehead atoms. The summed E-state index contributed by atoms with van der Waals surface area (Å²) < 4.78 is 33.8. The maximum atomic E-state index is 13.7. The molecule has 0 spiro atoms. The molecule has 206 valence electrons. The summed E-state index contributed by atoms with van der Waals surface area (Å²) in [7, 11) is -0.782. The molecule has 39 heavy (non-hydrogen) atoms. The van der Waals surface area contributed by atoms with Crippen LogP contribution in [0.3, 0.4) is 0 Å². The van der Waals surface area contributed by atoms with E-state index in [9.17, 15) is 18.0 Å². The molecule has 1 fully saturated rings. The molecule has 0 radical (unpaired) electrons. The standard InChI is InChI=1S/C28H31ClN4O5S/c1-31-14-16-32(17-15-31)28(35)22-8-11-24(12-9-22)30-27(34)20-33(19-21-6-4-3-5-7-21)39(36,37)26-18-23(29)10-13-25(26)38-2/h3-13,18H,14-17,19-20H2,1-2H3,(H,30,34). The van der Waals surface area contributed by atoms with Crippen molar-refractivity contribution in [3.8, 4) is 5.75 Å². The Hall–Kier alpha value is -3.44. The molecule has 0 atom stereocenters. The Balaban J connectivity index is 1.51. The minimum absolute atomic E-state index is 0.0370. The second-order valence-corrected chi connectivity index (χ2v) is 11.6. The normalized spacial score (nSPS) is 14.3. The topological polar surface area (TPSA) is 99.3 Å². The first kappa shape index (κ1) is 28.6. The SMILES string of the molecule is COc1ccc(Cl)cc1S(=O)(=O)N(CC(=O)Nc1ccc(C(=O)N2CCN(C)CC2)cc1)Cc1ccccc1. The Kier molecular flexibility index (Phi) is 9.24. The van der Waals surface area contributed by atoms with Crippen LogP contribution in [0.15, 0.2) is 77.7 Å². The lowest BCUT2D eigenvalue weighted by Gasteiger charge is -2.32. The summed E-state index contributed by atoms with van der Waals surface area (Å²) in [5.41, 5.74) is 1.69. The number of nitrogens with zero attached hydrogens (tertiary/aromatic N) is 3. The van der Waals surface area contributed by atoms with E-state index in [4.69, 9.17) is 16.3 Å². The number of piperazine rings is 1. The van der Waals surface area contributed by atoms with Crippen LogP contribution < -0.4 is 10.1 Å². The minimum atomic E-state index is -4.18. The van der Waals surface area contributed by atoms with E-state index in [-0.39, 0.29) is 28.1 Å². The molecule has 2 amide bonds. The van der Waals surface area contributed by atoms with Crippen molar-refractivity contribution in [1.82, 2.24) is 14.1 Å². The maximum Gasteiger partial charge on any atom is 0.253 e. The summed E-state index contributed by atoms with van der Waals surface area (Å²) in [6, 6.07) is 19.9. The molecule has 0 unspecified atom stereocenters. The monoisotopic (exact) mass is 570 g/mol. The van der Waals surface area contributed by atoms with Gasteiger partial charge in [-0.05, 0) is 55.1 Å². The van der Waals surface area contributed by atoms with Crippen LogP contribution in [-0.4, -0.2) is 81.2 Å². The summed E-state index contributed by atoms with van der Waals surface area (Å²) in [6.07, 6.45) is 0. The molecule has 1 heterocycles. The molecular weight excluding hydrogens is 540 g/mol. The number of hydrogen-bond acceptors (Lipinski definition) is 6. The Labute approximate surface area is 234 Å². The molecule has 1 aliphatic heterocycles. The van der Waals surface area contributed by atoms with E-state index >= 15 is 0 Å². The number of anilines is 1. The molecular formula is C28H31ClN4O5S. The van der Waals surface area contributed by atoms with Gasteiger partial charge in [-0.1, -0.05) is 41.9 Å². The number of halogens is 1. The highest BCUT2D eigenvalue weighted by molar-refractivity contribution is 7.89. The molecule has 1 saturated heterocycles. The Morgan fingerprint density at radius 3 is 2.28 bits per heavy atom. The predicted molar refractivity (Wildman–Crippen MR) is 151 cm³/mol. The zero-order valence-electron chi connectivity index (χ0n) is 21.8.